The largest absolute Gasteiger partial charge is 0.394 e. The molecule has 1 atom stereocenters. The number of aliphatic hydroxyl groups is 1. The van der Waals surface area contributed by atoms with Gasteiger partial charge in [-0.15, -0.1) is 0 Å². The van der Waals surface area contributed by atoms with Gasteiger partial charge in [0.1, 0.15) is 5.82 Å². The molecule has 1 aliphatic carbocycles. The molecule has 1 unspecified atom stereocenters. The minimum atomic E-state index is -0.0715. The van der Waals surface area contributed by atoms with Crippen LogP contribution in [-0.4, -0.2) is 33.6 Å². The SMILES string of the molecule is CC(C)C(CO)Nc1ccnc(Nc2cccc(NC(=O)C3CCC3)c2)n1. The van der Waals surface area contributed by atoms with Gasteiger partial charge in [-0.2, -0.15) is 4.98 Å². The van der Waals surface area contributed by atoms with Crippen molar-refractivity contribution in [2.75, 3.05) is 22.6 Å². The molecular weight excluding hydrogens is 342 g/mol. The lowest BCUT2D eigenvalue weighted by atomic mass is 9.85. The molecule has 1 amide bonds. The first-order valence-corrected chi connectivity index (χ1v) is 9.43. The summed E-state index contributed by atoms with van der Waals surface area (Å²) in [6, 6.07) is 9.21. The molecule has 1 aromatic heterocycles. The highest BCUT2D eigenvalue weighted by atomic mass is 16.3. The molecular formula is C20H27N5O2. The van der Waals surface area contributed by atoms with Crippen LogP contribution in [0.1, 0.15) is 33.1 Å². The zero-order valence-electron chi connectivity index (χ0n) is 15.8. The van der Waals surface area contributed by atoms with E-state index in [0.29, 0.717) is 11.8 Å². The number of carbonyl (C=O) groups excluding carboxylic acids is 1. The van der Waals surface area contributed by atoms with Crippen LogP contribution in [0, 0.1) is 11.8 Å². The zero-order chi connectivity index (χ0) is 19.2. The van der Waals surface area contributed by atoms with E-state index in [0.717, 1.165) is 30.6 Å². The van der Waals surface area contributed by atoms with Crippen molar-refractivity contribution in [2.24, 2.45) is 11.8 Å². The fraction of sp³-hybridized carbons (Fsp3) is 0.450. The number of amides is 1. The lowest BCUT2D eigenvalue weighted by molar-refractivity contribution is -0.122. The zero-order valence-corrected chi connectivity index (χ0v) is 15.8. The minimum absolute atomic E-state index is 0.0349. The summed E-state index contributed by atoms with van der Waals surface area (Å²) in [5.41, 5.74) is 1.55. The Morgan fingerprint density at radius 3 is 2.70 bits per heavy atom. The van der Waals surface area contributed by atoms with Crippen molar-refractivity contribution in [1.82, 2.24) is 9.97 Å². The molecule has 0 saturated heterocycles. The van der Waals surface area contributed by atoms with E-state index in [-0.39, 0.29) is 30.4 Å². The van der Waals surface area contributed by atoms with E-state index in [1.807, 2.05) is 38.1 Å². The highest BCUT2D eigenvalue weighted by molar-refractivity contribution is 5.93. The highest BCUT2D eigenvalue weighted by Gasteiger charge is 2.25. The number of aliphatic hydroxyl groups excluding tert-OH is 1. The van der Waals surface area contributed by atoms with Crippen LogP contribution in [-0.2, 0) is 4.79 Å². The van der Waals surface area contributed by atoms with Gasteiger partial charge in [0.2, 0.25) is 11.9 Å². The van der Waals surface area contributed by atoms with Crippen molar-refractivity contribution < 1.29 is 9.90 Å². The number of hydrogen-bond donors (Lipinski definition) is 4. The third-order valence-corrected chi connectivity index (χ3v) is 4.85. The van der Waals surface area contributed by atoms with Crippen LogP contribution in [0.3, 0.4) is 0 Å². The van der Waals surface area contributed by atoms with Crippen LogP contribution in [0.5, 0.6) is 0 Å². The van der Waals surface area contributed by atoms with Gasteiger partial charge in [-0.3, -0.25) is 4.79 Å². The number of nitrogens with zero attached hydrogens (tertiary/aromatic N) is 2. The van der Waals surface area contributed by atoms with Crippen LogP contribution in [0.2, 0.25) is 0 Å². The molecule has 1 aromatic carbocycles. The summed E-state index contributed by atoms with van der Waals surface area (Å²) in [7, 11) is 0. The van der Waals surface area contributed by atoms with E-state index < -0.39 is 0 Å². The highest BCUT2D eigenvalue weighted by Crippen LogP contribution is 2.28. The van der Waals surface area contributed by atoms with Gasteiger partial charge < -0.3 is 21.1 Å². The first-order valence-electron chi connectivity index (χ1n) is 9.43. The molecule has 1 saturated carbocycles. The van der Waals surface area contributed by atoms with Gasteiger partial charge in [-0.25, -0.2) is 4.98 Å². The molecule has 1 aliphatic rings. The van der Waals surface area contributed by atoms with Gasteiger partial charge in [0.25, 0.3) is 0 Å². The Labute approximate surface area is 159 Å². The molecule has 0 aliphatic heterocycles. The second-order valence-electron chi connectivity index (χ2n) is 7.27. The number of carbonyl (C=O) groups is 1. The van der Waals surface area contributed by atoms with Crippen LogP contribution in [0.4, 0.5) is 23.1 Å². The molecule has 0 spiro atoms. The van der Waals surface area contributed by atoms with E-state index in [9.17, 15) is 9.90 Å². The number of benzene rings is 1. The van der Waals surface area contributed by atoms with Crippen molar-refractivity contribution in [3.63, 3.8) is 0 Å². The molecule has 0 radical (unpaired) electrons. The predicted octanol–water partition coefficient (Wildman–Crippen LogP) is 3.39. The molecule has 7 nitrogen and oxygen atoms in total. The number of aromatic nitrogens is 2. The van der Waals surface area contributed by atoms with Crippen LogP contribution < -0.4 is 16.0 Å². The summed E-state index contributed by atoms with van der Waals surface area (Å²) in [6.45, 7) is 4.11. The molecule has 1 fully saturated rings. The average Bonchev–Trinajstić information content (AvgIpc) is 2.58. The van der Waals surface area contributed by atoms with Gasteiger partial charge in [-0.05, 0) is 43.0 Å². The Hall–Kier alpha value is -2.67. The van der Waals surface area contributed by atoms with Gasteiger partial charge in [0.15, 0.2) is 0 Å². The quantitative estimate of drug-likeness (QED) is 0.569. The van der Waals surface area contributed by atoms with E-state index >= 15 is 0 Å². The first kappa shape index (κ1) is 19.1. The maximum Gasteiger partial charge on any atom is 0.229 e. The summed E-state index contributed by atoms with van der Waals surface area (Å²) in [5, 5.41) is 18.8. The summed E-state index contributed by atoms with van der Waals surface area (Å²) < 4.78 is 0. The van der Waals surface area contributed by atoms with Crippen molar-refractivity contribution in [3.05, 3.63) is 36.5 Å². The second-order valence-corrected chi connectivity index (χ2v) is 7.27. The molecule has 4 N–H and O–H groups in total. The maximum atomic E-state index is 12.1. The third-order valence-electron chi connectivity index (χ3n) is 4.85. The summed E-state index contributed by atoms with van der Waals surface area (Å²) >= 11 is 0. The van der Waals surface area contributed by atoms with Crippen molar-refractivity contribution >= 4 is 29.0 Å². The van der Waals surface area contributed by atoms with Crippen LogP contribution >= 0.6 is 0 Å². The van der Waals surface area contributed by atoms with Gasteiger partial charge in [0.05, 0.1) is 12.6 Å². The Bertz CT molecular complexity index is 776. The number of rotatable bonds is 8. The molecule has 144 valence electrons. The van der Waals surface area contributed by atoms with Crippen LogP contribution in [0.25, 0.3) is 0 Å². The van der Waals surface area contributed by atoms with E-state index in [4.69, 9.17) is 0 Å². The standard InChI is InChI=1S/C20H27N5O2/c1-13(2)17(12-26)24-18-9-10-21-20(25-18)23-16-8-4-7-15(11-16)22-19(27)14-5-3-6-14/h4,7-11,13-14,17,26H,3,5-6,12H2,1-2H3,(H,22,27)(H2,21,23,24,25). The van der Waals surface area contributed by atoms with E-state index in [1.165, 1.54) is 0 Å². The van der Waals surface area contributed by atoms with Gasteiger partial charge in [-0.1, -0.05) is 26.3 Å². The Morgan fingerprint density at radius 2 is 2.04 bits per heavy atom. The normalized spacial score (nSPS) is 15.1. The van der Waals surface area contributed by atoms with Crippen LogP contribution in [0.15, 0.2) is 36.5 Å². The lowest BCUT2D eigenvalue weighted by Crippen LogP contribution is -2.29. The summed E-state index contributed by atoms with van der Waals surface area (Å²) in [6.07, 6.45) is 4.75. The lowest BCUT2D eigenvalue weighted by Gasteiger charge is -2.24. The fourth-order valence-electron chi connectivity index (χ4n) is 2.83. The van der Waals surface area contributed by atoms with Crippen molar-refractivity contribution in [2.45, 2.75) is 39.2 Å². The molecule has 7 heteroatoms. The topological polar surface area (TPSA) is 99.2 Å². The molecule has 0 bridgehead atoms. The number of hydrogen-bond acceptors (Lipinski definition) is 6. The monoisotopic (exact) mass is 369 g/mol. The summed E-state index contributed by atoms with van der Waals surface area (Å²) in [5.74, 6) is 1.60. The second kappa shape index (κ2) is 8.81. The van der Waals surface area contributed by atoms with E-state index in [1.54, 1.807) is 12.3 Å². The molecule has 2 aromatic rings. The average molecular weight is 369 g/mol. The Balaban J connectivity index is 1.65. The van der Waals surface area contributed by atoms with Crippen molar-refractivity contribution in [3.8, 4) is 0 Å². The van der Waals surface area contributed by atoms with E-state index in [2.05, 4.69) is 25.9 Å². The van der Waals surface area contributed by atoms with Gasteiger partial charge in [0, 0.05) is 23.5 Å². The summed E-state index contributed by atoms with van der Waals surface area (Å²) in [4.78, 5) is 20.8. The number of nitrogens with one attached hydrogen (secondary N) is 3. The predicted molar refractivity (Wildman–Crippen MR) is 107 cm³/mol. The molecule has 1 heterocycles. The Morgan fingerprint density at radius 1 is 1.26 bits per heavy atom. The fourth-order valence-corrected chi connectivity index (χ4v) is 2.83. The minimum Gasteiger partial charge on any atom is -0.394 e. The number of anilines is 4. The molecule has 3 rings (SSSR count). The first-order chi connectivity index (χ1) is 13.0. The molecule has 27 heavy (non-hydrogen) atoms. The van der Waals surface area contributed by atoms with Gasteiger partial charge >= 0.3 is 0 Å². The third kappa shape index (κ3) is 5.17. The maximum absolute atomic E-state index is 12.1. The van der Waals surface area contributed by atoms with Crippen molar-refractivity contribution in [1.29, 1.82) is 0 Å². The Kier molecular flexibility index (Phi) is 6.24. The smallest absolute Gasteiger partial charge is 0.229 e.